The lowest BCUT2D eigenvalue weighted by atomic mass is 10.2. The maximum absolute atomic E-state index is 11.5. The molecule has 15 heavy (non-hydrogen) atoms. The van der Waals surface area contributed by atoms with Crippen molar-refractivity contribution in [3.63, 3.8) is 0 Å². The van der Waals surface area contributed by atoms with E-state index >= 15 is 0 Å². The van der Waals surface area contributed by atoms with Gasteiger partial charge in [0.2, 0.25) is 5.91 Å². The van der Waals surface area contributed by atoms with Crippen LogP contribution in [0.1, 0.15) is 6.42 Å². The van der Waals surface area contributed by atoms with Gasteiger partial charge in [0.1, 0.15) is 12.8 Å². The van der Waals surface area contributed by atoms with Crippen LogP contribution in [0.5, 0.6) is 0 Å². The van der Waals surface area contributed by atoms with Crippen molar-refractivity contribution in [2.24, 2.45) is 0 Å². The van der Waals surface area contributed by atoms with Crippen LogP contribution in [0.4, 0.5) is 4.79 Å². The highest BCUT2D eigenvalue weighted by Gasteiger charge is 2.38. The van der Waals surface area contributed by atoms with Gasteiger partial charge in [0.15, 0.2) is 0 Å². The molecular weight excluding hydrogens is 204 g/mol. The minimum absolute atomic E-state index is 0.0267. The lowest BCUT2D eigenvalue weighted by Gasteiger charge is -2.19. The average molecular weight is 218 g/mol. The van der Waals surface area contributed by atoms with Gasteiger partial charge in [0.25, 0.3) is 0 Å². The minimum atomic E-state index is -1.20. The number of likely N-dealkylation sites (tertiary alicyclic amines) is 1. The summed E-state index contributed by atoms with van der Waals surface area (Å²) in [5, 5.41) is 20.5. The molecule has 1 aliphatic rings. The fourth-order valence-electron chi connectivity index (χ4n) is 1.53. The zero-order valence-electron chi connectivity index (χ0n) is 8.34. The first-order valence-corrected chi connectivity index (χ1v) is 4.50. The first kappa shape index (κ1) is 11.7. The molecule has 0 unspecified atom stereocenters. The van der Waals surface area contributed by atoms with Crippen molar-refractivity contribution in [2.75, 3.05) is 20.4 Å². The summed E-state index contributed by atoms with van der Waals surface area (Å²) >= 11 is 0. The molecule has 1 aliphatic heterocycles. The number of methoxy groups -OCH3 is 1. The van der Waals surface area contributed by atoms with Gasteiger partial charge >= 0.3 is 6.09 Å². The van der Waals surface area contributed by atoms with Crippen LogP contribution >= 0.6 is 0 Å². The van der Waals surface area contributed by atoms with E-state index < -0.39 is 24.1 Å². The van der Waals surface area contributed by atoms with E-state index in [2.05, 4.69) is 10.1 Å². The molecule has 0 aliphatic carbocycles. The largest absolute Gasteiger partial charge is 0.465 e. The summed E-state index contributed by atoms with van der Waals surface area (Å²) in [6.45, 7) is -0.000705. The Morgan fingerprint density at radius 2 is 2.27 bits per heavy atom. The molecule has 1 rings (SSSR count). The number of nitrogens with zero attached hydrogens (tertiary/aromatic N) is 1. The number of carboxylic acid groups (broad SMARTS) is 1. The number of hydrogen-bond acceptors (Lipinski definition) is 4. The van der Waals surface area contributed by atoms with Crippen LogP contribution in [0.2, 0.25) is 0 Å². The van der Waals surface area contributed by atoms with E-state index in [4.69, 9.17) is 5.11 Å². The second kappa shape index (κ2) is 4.94. The van der Waals surface area contributed by atoms with Crippen molar-refractivity contribution in [3.8, 4) is 0 Å². The van der Waals surface area contributed by atoms with E-state index in [1.54, 1.807) is 0 Å². The van der Waals surface area contributed by atoms with Gasteiger partial charge in [0.05, 0.1) is 12.6 Å². The number of β-amino-alcohol motifs (C(OH)–C–C–N with tert-alkyl or cyclic N) is 1. The van der Waals surface area contributed by atoms with E-state index in [1.165, 1.54) is 7.11 Å². The molecular formula is C8H14N2O5. The normalized spacial score (nSPS) is 25.3. The summed E-state index contributed by atoms with van der Waals surface area (Å²) in [7, 11) is 1.42. The topological polar surface area (TPSA) is 99.1 Å². The molecule has 0 bridgehead atoms. The maximum atomic E-state index is 11.5. The van der Waals surface area contributed by atoms with Gasteiger partial charge in [-0.1, -0.05) is 0 Å². The van der Waals surface area contributed by atoms with Crippen LogP contribution in [0.25, 0.3) is 0 Å². The van der Waals surface area contributed by atoms with Crippen molar-refractivity contribution < 1.29 is 24.5 Å². The highest BCUT2D eigenvalue weighted by Crippen LogP contribution is 2.17. The van der Waals surface area contributed by atoms with Gasteiger partial charge in [-0.25, -0.2) is 4.79 Å². The first-order valence-electron chi connectivity index (χ1n) is 4.50. The average Bonchev–Trinajstić information content (AvgIpc) is 2.57. The summed E-state index contributed by atoms with van der Waals surface area (Å²) in [5.41, 5.74) is 0. The molecule has 2 atom stereocenters. The van der Waals surface area contributed by atoms with E-state index in [1.807, 2.05) is 0 Å². The molecule has 0 saturated carbocycles. The predicted octanol–water partition coefficient (Wildman–Crippen LogP) is -1.18. The SMILES string of the molecule is COCNC(=O)[C@H]1C[C@@H](O)CN1C(=O)O. The molecule has 1 saturated heterocycles. The second-order valence-electron chi connectivity index (χ2n) is 3.31. The standard InChI is InChI=1S/C8H14N2O5/c1-15-4-9-7(12)6-2-5(11)3-10(6)8(13)14/h5-6,11H,2-4H2,1H3,(H,9,12)(H,13,14)/t5-,6-/m1/s1. The van der Waals surface area contributed by atoms with Gasteiger partial charge in [-0.3, -0.25) is 9.69 Å². The third kappa shape index (κ3) is 2.80. The lowest BCUT2D eigenvalue weighted by Crippen LogP contribution is -2.45. The number of carbonyl (C=O) groups excluding carboxylic acids is 1. The third-order valence-electron chi connectivity index (χ3n) is 2.22. The van der Waals surface area contributed by atoms with Gasteiger partial charge in [-0.2, -0.15) is 0 Å². The van der Waals surface area contributed by atoms with Gasteiger partial charge in [-0.15, -0.1) is 0 Å². The number of nitrogens with one attached hydrogen (secondary N) is 1. The smallest absolute Gasteiger partial charge is 0.408 e. The molecule has 0 radical (unpaired) electrons. The lowest BCUT2D eigenvalue weighted by molar-refractivity contribution is -0.126. The number of carbonyl (C=O) groups is 2. The summed E-state index contributed by atoms with van der Waals surface area (Å²) in [5.74, 6) is -0.448. The quantitative estimate of drug-likeness (QED) is 0.518. The van der Waals surface area contributed by atoms with E-state index in [9.17, 15) is 14.7 Å². The zero-order valence-corrected chi connectivity index (χ0v) is 8.34. The molecule has 3 N–H and O–H groups in total. The minimum Gasteiger partial charge on any atom is -0.465 e. The Hall–Kier alpha value is -1.34. The monoisotopic (exact) mass is 218 g/mol. The van der Waals surface area contributed by atoms with Crippen molar-refractivity contribution in [1.29, 1.82) is 0 Å². The Morgan fingerprint density at radius 1 is 1.60 bits per heavy atom. The van der Waals surface area contributed by atoms with Crippen LogP contribution in [0.3, 0.4) is 0 Å². The van der Waals surface area contributed by atoms with E-state index in [0.717, 1.165) is 4.90 Å². The number of hydrogen-bond donors (Lipinski definition) is 3. The molecule has 1 heterocycles. The van der Waals surface area contributed by atoms with Crippen molar-refractivity contribution in [3.05, 3.63) is 0 Å². The fourth-order valence-corrected chi connectivity index (χ4v) is 1.53. The Kier molecular flexibility index (Phi) is 3.87. The highest BCUT2D eigenvalue weighted by molar-refractivity contribution is 5.85. The summed E-state index contributed by atoms with van der Waals surface area (Å²) in [6.07, 6.45) is -1.86. The van der Waals surface area contributed by atoms with E-state index in [-0.39, 0.29) is 19.7 Å². The molecule has 0 aromatic carbocycles. The second-order valence-corrected chi connectivity index (χ2v) is 3.31. The molecule has 0 aromatic heterocycles. The predicted molar refractivity (Wildman–Crippen MR) is 49.2 cm³/mol. The Labute approximate surface area is 86.6 Å². The van der Waals surface area contributed by atoms with Gasteiger partial charge < -0.3 is 20.3 Å². The molecule has 86 valence electrons. The molecule has 1 fully saturated rings. The van der Waals surface area contributed by atoms with Crippen LogP contribution in [-0.2, 0) is 9.53 Å². The number of aliphatic hydroxyl groups is 1. The number of rotatable bonds is 3. The van der Waals surface area contributed by atoms with Crippen molar-refractivity contribution in [2.45, 2.75) is 18.6 Å². The van der Waals surface area contributed by atoms with Gasteiger partial charge in [0, 0.05) is 13.5 Å². The number of ether oxygens (including phenoxy) is 1. The summed E-state index contributed by atoms with van der Waals surface area (Å²) in [4.78, 5) is 23.1. The molecule has 2 amide bonds. The van der Waals surface area contributed by atoms with Gasteiger partial charge in [-0.05, 0) is 0 Å². The Balaban J connectivity index is 2.58. The van der Waals surface area contributed by atoms with Crippen LogP contribution in [-0.4, -0.2) is 59.6 Å². The van der Waals surface area contributed by atoms with E-state index in [0.29, 0.717) is 0 Å². The third-order valence-corrected chi connectivity index (χ3v) is 2.22. The zero-order chi connectivity index (χ0) is 11.4. The maximum Gasteiger partial charge on any atom is 0.408 e. The van der Waals surface area contributed by atoms with Crippen molar-refractivity contribution in [1.82, 2.24) is 10.2 Å². The first-order chi connectivity index (χ1) is 7.06. The summed E-state index contributed by atoms with van der Waals surface area (Å²) in [6, 6.07) is -0.826. The number of amides is 2. The van der Waals surface area contributed by atoms with Crippen LogP contribution in [0, 0.1) is 0 Å². The molecule has 0 spiro atoms. The fraction of sp³-hybridized carbons (Fsp3) is 0.750. The van der Waals surface area contributed by atoms with Crippen LogP contribution in [0.15, 0.2) is 0 Å². The Morgan fingerprint density at radius 3 is 2.80 bits per heavy atom. The Bertz CT molecular complexity index is 257. The molecule has 0 aromatic rings. The molecule has 7 nitrogen and oxygen atoms in total. The summed E-state index contributed by atoms with van der Waals surface area (Å²) < 4.78 is 4.63. The molecule has 7 heteroatoms. The number of aliphatic hydroxyl groups excluding tert-OH is 1. The van der Waals surface area contributed by atoms with Crippen LogP contribution < -0.4 is 5.32 Å². The van der Waals surface area contributed by atoms with Crippen molar-refractivity contribution >= 4 is 12.0 Å². The highest BCUT2D eigenvalue weighted by atomic mass is 16.5.